The van der Waals surface area contributed by atoms with Crippen molar-refractivity contribution in [2.45, 2.75) is 0 Å². The number of non-ortho nitro benzene ring substituents is 1. The quantitative estimate of drug-likeness (QED) is 0.641. The van der Waals surface area contributed by atoms with E-state index in [2.05, 4.69) is 25.9 Å². The summed E-state index contributed by atoms with van der Waals surface area (Å²) in [6.07, 6.45) is 1.20. The molecule has 1 aromatic heterocycles. The van der Waals surface area contributed by atoms with E-state index in [1.54, 1.807) is 0 Å². The molecule has 0 bridgehead atoms. The molecule has 0 aliphatic rings. The van der Waals surface area contributed by atoms with Gasteiger partial charge in [-0.25, -0.2) is 9.97 Å². The highest BCUT2D eigenvalue weighted by Crippen LogP contribution is 2.40. The lowest BCUT2D eigenvalue weighted by Gasteiger charge is -2.10. The molecule has 2 aromatic rings. The summed E-state index contributed by atoms with van der Waals surface area (Å²) >= 11 is 15.0. The zero-order valence-corrected chi connectivity index (χ0v) is 12.6. The van der Waals surface area contributed by atoms with Crippen LogP contribution in [-0.2, 0) is 0 Å². The third-order valence-corrected chi connectivity index (χ3v) is 3.48. The molecular formula is C10H5BrCl2N4O3. The molecule has 20 heavy (non-hydrogen) atoms. The molecular weight excluding hydrogens is 375 g/mol. The zero-order valence-electron chi connectivity index (χ0n) is 9.51. The maximum absolute atomic E-state index is 10.7. The Morgan fingerprint density at radius 1 is 1.30 bits per heavy atom. The third-order valence-electron chi connectivity index (χ3n) is 2.18. The molecule has 0 fully saturated rings. The molecule has 104 valence electrons. The number of hydrogen-bond acceptors (Lipinski definition) is 6. The summed E-state index contributed by atoms with van der Waals surface area (Å²) in [6, 6.07) is 2.25. The second-order valence-electron chi connectivity index (χ2n) is 3.48. The summed E-state index contributed by atoms with van der Waals surface area (Å²) in [4.78, 5) is 17.7. The lowest BCUT2D eigenvalue weighted by molar-refractivity contribution is -0.384. The molecule has 0 atom stereocenters. The van der Waals surface area contributed by atoms with Crippen molar-refractivity contribution in [3.8, 4) is 11.6 Å². The molecule has 0 unspecified atom stereocenters. The second-order valence-corrected chi connectivity index (χ2v) is 5.08. The Hall–Kier alpha value is -1.64. The Morgan fingerprint density at radius 2 is 1.90 bits per heavy atom. The number of aromatic nitrogens is 2. The van der Waals surface area contributed by atoms with Gasteiger partial charge in [-0.2, -0.15) is 0 Å². The van der Waals surface area contributed by atoms with Gasteiger partial charge in [0.2, 0.25) is 5.88 Å². The minimum atomic E-state index is -0.611. The fraction of sp³-hybridized carbons (Fsp3) is 0. The van der Waals surface area contributed by atoms with Crippen molar-refractivity contribution in [1.29, 1.82) is 0 Å². The van der Waals surface area contributed by atoms with E-state index in [0.29, 0.717) is 4.47 Å². The minimum absolute atomic E-state index is 0.0201. The van der Waals surface area contributed by atoms with E-state index >= 15 is 0 Å². The van der Waals surface area contributed by atoms with Gasteiger partial charge < -0.3 is 10.5 Å². The van der Waals surface area contributed by atoms with Crippen LogP contribution >= 0.6 is 39.1 Å². The summed E-state index contributed by atoms with van der Waals surface area (Å²) in [5.74, 6) is 0.303. The normalized spacial score (nSPS) is 10.3. The lowest BCUT2D eigenvalue weighted by atomic mass is 10.3. The number of nitro groups is 1. The summed E-state index contributed by atoms with van der Waals surface area (Å²) in [5, 5.41) is 10.6. The highest BCUT2D eigenvalue weighted by atomic mass is 79.9. The van der Waals surface area contributed by atoms with Gasteiger partial charge in [0, 0.05) is 12.1 Å². The number of anilines is 1. The minimum Gasteiger partial charge on any atom is -0.435 e. The first-order valence-corrected chi connectivity index (χ1v) is 6.52. The van der Waals surface area contributed by atoms with Gasteiger partial charge in [0.15, 0.2) is 5.75 Å². The van der Waals surface area contributed by atoms with Crippen LogP contribution in [0.25, 0.3) is 0 Å². The van der Waals surface area contributed by atoms with Crippen molar-refractivity contribution in [3.05, 3.63) is 43.1 Å². The van der Waals surface area contributed by atoms with E-state index in [1.807, 2.05) is 0 Å². The molecule has 0 aliphatic carbocycles. The van der Waals surface area contributed by atoms with Gasteiger partial charge in [0.25, 0.3) is 5.69 Å². The molecule has 1 aromatic carbocycles. The van der Waals surface area contributed by atoms with Crippen LogP contribution < -0.4 is 10.5 Å². The number of nitrogens with zero attached hydrogens (tertiary/aromatic N) is 3. The molecule has 0 radical (unpaired) electrons. The molecule has 7 nitrogen and oxygen atoms in total. The van der Waals surface area contributed by atoms with E-state index < -0.39 is 4.92 Å². The summed E-state index contributed by atoms with van der Waals surface area (Å²) in [6.45, 7) is 0. The van der Waals surface area contributed by atoms with Crippen LogP contribution in [0.4, 0.5) is 11.5 Å². The molecule has 0 aliphatic heterocycles. The third kappa shape index (κ3) is 2.92. The van der Waals surface area contributed by atoms with Crippen molar-refractivity contribution >= 4 is 50.6 Å². The van der Waals surface area contributed by atoms with E-state index in [0.717, 1.165) is 12.1 Å². The molecule has 0 spiro atoms. The number of rotatable bonds is 3. The molecule has 0 amide bonds. The molecule has 2 rings (SSSR count). The largest absolute Gasteiger partial charge is 0.435 e. The lowest BCUT2D eigenvalue weighted by Crippen LogP contribution is -1.98. The average molecular weight is 380 g/mol. The Bertz CT molecular complexity index is 675. The molecule has 2 N–H and O–H groups in total. The summed E-state index contributed by atoms with van der Waals surface area (Å²) < 4.78 is 5.75. The van der Waals surface area contributed by atoms with E-state index in [1.165, 1.54) is 6.33 Å². The fourth-order valence-corrected chi connectivity index (χ4v) is 2.12. The first kappa shape index (κ1) is 14.8. The van der Waals surface area contributed by atoms with Crippen LogP contribution in [0, 0.1) is 10.1 Å². The Morgan fingerprint density at radius 3 is 2.45 bits per heavy atom. The fourth-order valence-electron chi connectivity index (χ4n) is 1.28. The van der Waals surface area contributed by atoms with Gasteiger partial charge in [-0.1, -0.05) is 23.2 Å². The Labute approximate surface area is 131 Å². The van der Waals surface area contributed by atoms with Gasteiger partial charge in [-0.15, -0.1) is 0 Å². The Balaban J connectivity index is 2.44. The van der Waals surface area contributed by atoms with Crippen LogP contribution in [0.15, 0.2) is 22.9 Å². The van der Waals surface area contributed by atoms with Gasteiger partial charge in [0.05, 0.1) is 15.0 Å². The summed E-state index contributed by atoms with van der Waals surface area (Å²) in [5.41, 5.74) is 5.34. The van der Waals surface area contributed by atoms with Gasteiger partial charge in [-0.3, -0.25) is 10.1 Å². The molecule has 0 saturated carbocycles. The predicted molar refractivity (Wildman–Crippen MR) is 77.3 cm³/mol. The number of benzene rings is 1. The van der Waals surface area contributed by atoms with Crippen molar-refractivity contribution in [2.24, 2.45) is 0 Å². The average Bonchev–Trinajstić information content (AvgIpc) is 2.38. The van der Waals surface area contributed by atoms with E-state index in [-0.39, 0.29) is 33.2 Å². The van der Waals surface area contributed by atoms with Crippen molar-refractivity contribution in [1.82, 2.24) is 9.97 Å². The number of hydrogen-bond donors (Lipinski definition) is 1. The topological polar surface area (TPSA) is 104 Å². The van der Waals surface area contributed by atoms with Crippen molar-refractivity contribution < 1.29 is 9.66 Å². The van der Waals surface area contributed by atoms with E-state index in [9.17, 15) is 10.1 Å². The van der Waals surface area contributed by atoms with E-state index in [4.69, 9.17) is 33.7 Å². The molecule has 1 heterocycles. The number of nitrogen functional groups attached to an aromatic ring is 1. The highest BCUT2D eigenvalue weighted by molar-refractivity contribution is 9.10. The molecule has 0 saturated heterocycles. The zero-order chi connectivity index (χ0) is 14.9. The first-order valence-electron chi connectivity index (χ1n) is 4.97. The second kappa shape index (κ2) is 5.78. The van der Waals surface area contributed by atoms with Crippen molar-refractivity contribution in [3.63, 3.8) is 0 Å². The smallest absolute Gasteiger partial charge is 0.272 e. The van der Waals surface area contributed by atoms with Crippen LogP contribution in [0.3, 0.4) is 0 Å². The number of nitro benzene ring substituents is 1. The summed E-state index contributed by atoms with van der Waals surface area (Å²) in [7, 11) is 0. The Kier molecular flexibility index (Phi) is 4.26. The molecule has 10 heteroatoms. The van der Waals surface area contributed by atoms with Gasteiger partial charge in [0.1, 0.15) is 16.6 Å². The highest BCUT2D eigenvalue weighted by Gasteiger charge is 2.18. The van der Waals surface area contributed by atoms with Gasteiger partial charge >= 0.3 is 0 Å². The number of ether oxygens (including phenoxy) is 1. The standard InChI is InChI=1S/C10H5BrCl2N4O3/c11-7-9(14)15-3-16-10(7)20-8-5(12)1-4(17(18)19)2-6(8)13/h1-3H,(H2,14,15,16). The van der Waals surface area contributed by atoms with Crippen LogP contribution in [0.1, 0.15) is 0 Å². The van der Waals surface area contributed by atoms with Crippen LogP contribution in [0.2, 0.25) is 10.0 Å². The predicted octanol–water partition coefficient (Wildman–Crippen LogP) is 3.83. The van der Waals surface area contributed by atoms with Crippen molar-refractivity contribution in [2.75, 3.05) is 5.73 Å². The number of halogens is 3. The monoisotopic (exact) mass is 378 g/mol. The SMILES string of the molecule is Nc1ncnc(Oc2c(Cl)cc([N+](=O)[O-])cc2Cl)c1Br. The maximum Gasteiger partial charge on any atom is 0.272 e. The van der Waals surface area contributed by atoms with Crippen LogP contribution in [0.5, 0.6) is 11.6 Å². The van der Waals surface area contributed by atoms with Gasteiger partial charge in [-0.05, 0) is 15.9 Å². The van der Waals surface area contributed by atoms with Crippen LogP contribution in [-0.4, -0.2) is 14.9 Å². The maximum atomic E-state index is 10.7. The number of nitrogens with two attached hydrogens (primary N) is 1. The first-order chi connectivity index (χ1) is 9.40.